The Bertz CT molecular complexity index is 449. The molecule has 1 amide bonds. The largest absolute Gasteiger partial charge is 0.497 e. The van der Waals surface area contributed by atoms with E-state index in [0.717, 1.165) is 12.8 Å². The van der Waals surface area contributed by atoms with E-state index in [9.17, 15) is 15.0 Å². The van der Waals surface area contributed by atoms with Gasteiger partial charge in [-0.15, -0.1) is 0 Å². The SMILES string of the molecule is COc1cccc([C@H](O)C2CCCCN2C(=O)O)c1. The molecular formula is C14H19NO4. The number of nitrogens with zero attached hydrogens (tertiary/aromatic N) is 1. The van der Waals surface area contributed by atoms with E-state index in [1.807, 2.05) is 0 Å². The molecule has 0 spiro atoms. The molecule has 1 fully saturated rings. The van der Waals surface area contributed by atoms with Gasteiger partial charge in [-0.2, -0.15) is 0 Å². The van der Waals surface area contributed by atoms with Crippen LogP contribution in [0, 0.1) is 0 Å². The van der Waals surface area contributed by atoms with Crippen LogP contribution in [0.15, 0.2) is 24.3 Å². The van der Waals surface area contributed by atoms with Crippen molar-refractivity contribution in [3.8, 4) is 5.75 Å². The van der Waals surface area contributed by atoms with Crippen LogP contribution in [-0.2, 0) is 0 Å². The molecule has 1 aromatic rings. The molecule has 2 rings (SSSR count). The van der Waals surface area contributed by atoms with Crippen LogP contribution >= 0.6 is 0 Å². The average molecular weight is 265 g/mol. The summed E-state index contributed by atoms with van der Waals surface area (Å²) in [5.74, 6) is 0.661. The fourth-order valence-electron chi connectivity index (χ4n) is 2.57. The quantitative estimate of drug-likeness (QED) is 0.879. The zero-order valence-electron chi connectivity index (χ0n) is 11.0. The Labute approximate surface area is 112 Å². The van der Waals surface area contributed by atoms with Crippen molar-refractivity contribution in [1.82, 2.24) is 4.90 Å². The minimum atomic E-state index is -0.966. The lowest BCUT2D eigenvalue weighted by atomic mass is 9.93. The number of likely N-dealkylation sites (tertiary alicyclic amines) is 1. The Morgan fingerprint density at radius 3 is 2.95 bits per heavy atom. The number of hydrogen-bond acceptors (Lipinski definition) is 3. The number of methoxy groups -OCH3 is 1. The number of piperidine rings is 1. The van der Waals surface area contributed by atoms with E-state index in [4.69, 9.17) is 4.74 Å². The highest BCUT2D eigenvalue weighted by atomic mass is 16.5. The number of hydrogen-bond donors (Lipinski definition) is 2. The summed E-state index contributed by atoms with van der Waals surface area (Å²) in [5, 5.41) is 19.6. The summed E-state index contributed by atoms with van der Waals surface area (Å²) in [4.78, 5) is 12.6. The van der Waals surface area contributed by atoms with Crippen LogP contribution in [0.4, 0.5) is 4.79 Å². The molecule has 2 N–H and O–H groups in total. The van der Waals surface area contributed by atoms with Crippen molar-refractivity contribution in [1.29, 1.82) is 0 Å². The van der Waals surface area contributed by atoms with Crippen LogP contribution in [0.1, 0.15) is 30.9 Å². The standard InChI is InChI=1S/C14H19NO4/c1-19-11-6-4-5-10(9-11)13(16)12-7-2-3-8-15(12)14(17)18/h4-6,9,12-13,16H,2-3,7-8H2,1H3,(H,17,18)/t12?,13-/m0/s1. The fourth-order valence-corrected chi connectivity index (χ4v) is 2.57. The van der Waals surface area contributed by atoms with E-state index in [1.54, 1.807) is 31.4 Å². The minimum Gasteiger partial charge on any atom is -0.497 e. The minimum absolute atomic E-state index is 0.377. The van der Waals surface area contributed by atoms with Crippen molar-refractivity contribution in [2.24, 2.45) is 0 Å². The third-order valence-electron chi connectivity index (χ3n) is 3.59. The van der Waals surface area contributed by atoms with E-state index in [-0.39, 0.29) is 6.04 Å². The first-order chi connectivity index (χ1) is 9.13. The van der Waals surface area contributed by atoms with E-state index in [2.05, 4.69) is 0 Å². The van der Waals surface area contributed by atoms with Gasteiger partial charge in [-0.05, 0) is 37.0 Å². The Morgan fingerprint density at radius 2 is 2.26 bits per heavy atom. The molecule has 1 aliphatic heterocycles. The molecule has 1 heterocycles. The van der Waals surface area contributed by atoms with Crippen molar-refractivity contribution in [3.63, 3.8) is 0 Å². The molecule has 1 aliphatic rings. The lowest BCUT2D eigenvalue weighted by Gasteiger charge is -2.36. The average Bonchev–Trinajstić information content (AvgIpc) is 2.46. The molecule has 1 unspecified atom stereocenters. The summed E-state index contributed by atoms with van der Waals surface area (Å²) in [7, 11) is 1.57. The Balaban J connectivity index is 2.20. The molecule has 0 saturated carbocycles. The molecule has 0 aromatic heterocycles. The zero-order chi connectivity index (χ0) is 13.8. The molecular weight excluding hydrogens is 246 g/mol. The molecule has 1 saturated heterocycles. The molecule has 5 nitrogen and oxygen atoms in total. The lowest BCUT2D eigenvalue weighted by Crippen LogP contribution is -2.46. The number of aliphatic hydroxyl groups excluding tert-OH is 1. The van der Waals surface area contributed by atoms with Gasteiger partial charge in [-0.1, -0.05) is 12.1 Å². The maximum atomic E-state index is 11.2. The van der Waals surface area contributed by atoms with Gasteiger partial charge in [0.2, 0.25) is 0 Å². The normalized spacial score (nSPS) is 20.9. The highest BCUT2D eigenvalue weighted by molar-refractivity contribution is 5.65. The summed E-state index contributed by atoms with van der Waals surface area (Å²) >= 11 is 0. The van der Waals surface area contributed by atoms with Gasteiger partial charge in [0, 0.05) is 6.54 Å². The van der Waals surface area contributed by atoms with Crippen molar-refractivity contribution >= 4 is 6.09 Å². The lowest BCUT2D eigenvalue weighted by molar-refractivity contribution is 0.0285. The number of carboxylic acid groups (broad SMARTS) is 1. The molecule has 5 heteroatoms. The van der Waals surface area contributed by atoms with Crippen molar-refractivity contribution < 1.29 is 19.7 Å². The number of amides is 1. The van der Waals surface area contributed by atoms with Crippen LogP contribution in [0.2, 0.25) is 0 Å². The van der Waals surface area contributed by atoms with Crippen LogP contribution < -0.4 is 4.74 Å². The third-order valence-corrected chi connectivity index (χ3v) is 3.59. The fraction of sp³-hybridized carbons (Fsp3) is 0.500. The third kappa shape index (κ3) is 2.98. The Kier molecular flexibility index (Phi) is 4.27. The maximum absolute atomic E-state index is 11.2. The Hall–Kier alpha value is -1.75. The van der Waals surface area contributed by atoms with Crippen LogP contribution in [-0.4, -0.2) is 40.9 Å². The highest BCUT2D eigenvalue weighted by Gasteiger charge is 2.32. The summed E-state index contributed by atoms with van der Waals surface area (Å²) in [5.41, 5.74) is 0.692. The molecule has 19 heavy (non-hydrogen) atoms. The number of ether oxygens (including phenoxy) is 1. The van der Waals surface area contributed by atoms with Crippen molar-refractivity contribution in [2.75, 3.05) is 13.7 Å². The van der Waals surface area contributed by atoms with Crippen molar-refractivity contribution in [3.05, 3.63) is 29.8 Å². The molecule has 0 aliphatic carbocycles. The number of aliphatic hydroxyl groups is 1. The van der Waals surface area contributed by atoms with E-state index >= 15 is 0 Å². The van der Waals surface area contributed by atoms with Gasteiger partial charge in [0.1, 0.15) is 5.75 Å². The topological polar surface area (TPSA) is 70.0 Å². The molecule has 104 valence electrons. The van der Waals surface area contributed by atoms with Gasteiger partial charge >= 0.3 is 6.09 Å². The summed E-state index contributed by atoms with van der Waals surface area (Å²) in [6.07, 6.45) is 0.700. The van der Waals surface area contributed by atoms with Gasteiger partial charge in [0.25, 0.3) is 0 Å². The second kappa shape index (κ2) is 5.93. The van der Waals surface area contributed by atoms with E-state index < -0.39 is 12.2 Å². The predicted molar refractivity (Wildman–Crippen MR) is 70.3 cm³/mol. The first kappa shape index (κ1) is 13.7. The molecule has 0 bridgehead atoms. The smallest absolute Gasteiger partial charge is 0.407 e. The Morgan fingerprint density at radius 1 is 1.47 bits per heavy atom. The maximum Gasteiger partial charge on any atom is 0.407 e. The zero-order valence-corrected chi connectivity index (χ0v) is 11.0. The number of carbonyl (C=O) groups is 1. The predicted octanol–water partition coefficient (Wildman–Crippen LogP) is 2.26. The summed E-state index contributed by atoms with van der Waals surface area (Å²) in [6.45, 7) is 0.487. The van der Waals surface area contributed by atoms with E-state index in [0.29, 0.717) is 24.3 Å². The van der Waals surface area contributed by atoms with Crippen LogP contribution in [0.3, 0.4) is 0 Å². The monoisotopic (exact) mass is 265 g/mol. The first-order valence-electron chi connectivity index (χ1n) is 6.45. The van der Waals surface area contributed by atoms with Gasteiger partial charge in [0.05, 0.1) is 19.3 Å². The highest BCUT2D eigenvalue weighted by Crippen LogP contribution is 2.30. The van der Waals surface area contributed by atoms with Crippen molar-refractivity contribution in [2.45, 2.75) is 31.4 Å². The van der Waals surface area contributed by atoms with Gasteiger partial charge in [-0.3, -0.25) is 0 Å². The van der Waals surface area contributed by atoms with Gasteiger partial charge < -0.3 is 19.8 Å². The number of rotatable bonds is 3. The second-order valence-electron chi connectivity index (χ2n) is 4.76. The van der Waals surface area contributed by atoms with Gasteiger partial charge in [0.15, 0.2) is 0 Å². The molecule has 0 radical (unpaired) electrons. The summed E-state index contributed by atoms with van der Waals surface area (Å²) < 4.78 is 5.13. The van der Waals surface area contributed by atoms with Gasteiger partial charge in [-0.25, -0.2) is 4.79 Å². The molecule has 1 aromatic carbocycles. The van der Waals surface area contributed by atoms with Crippen LogP contribution in [0.25, 0.3) is 0 Å². The number of benzene rings is 1. The summed E-state index contributed by atoms with van der Waals surface area (Å²) in [6, 6.07) is 6.76. The van der Waals surface area contributed by atoms with E-state index in [1.165, 1.54) is 4.90 Å². The molecule has 2 atom stereocenters. The second-order valence-corrected chi connectivity index (χ2v) is 4.76. The van der Waals surface area contributed by atoms with Crippen LogP contribution in [0.5, 0.6) is 5.75 Å². The first-order valence-corrected chi connectivity index (χ1v) is 6.45.